The summed E-state index contributed by atoms with van der Waals surface area (Å²) in [6, 6.07) is 0. The molecule has 0 heterocycles. The van der Waals surface area contributed by atoms with Gasteiger partial charge in [-0.25, -0.2) is 0 Å². The standard InChI is InChI=1S/C22H34O2/c1-16(2)20-12-14-22(5)13-11-17(3)7-6-8-19(9-10-21(20)22)15-24-18(4)23/h8,11,20-21H,1,6-7,9-10,12-15H2,2-5H3/b17-11+,19-8-/t20-,21+,22+/m1/s1. The lowest BCUT2D eigenvalue weighted by atomic mass is 9.70. The number of esters is 1. The van der Waals surface area contributed by atoms with E-state index in [0.29, 0.717) is 23.9 Å². The molecule has 2 aliphatic rings. The molecule has 2 rings (SSSR count). The maximum atomic E-state index is 11.2. The van der Waals surface area contributed by atoms with Gasteiger partial charge >= 0.3 is 5.97 Å². The van der Waals surface area contributed by atoms with Crippen LogP contribution in [0.1, 0.15) is 72.6 Å². The molecule has 0 N–H and O–H groups in total. The Bertz CT molecular complexity index is 540. The highest BCUT2D eigenvalue weighted by atomic mass is 16.5. The van der Waals surface area contributed by atoms with Gasteiger partial charge in [-0.3, -0.25) is 4.79 Å². The topological polar surface area (TPSA) is 26.3 Å². The van der Waals surface area contributed by atoms with Gasteiger partial charge in [0.2, 0.25) is 0 Å². The van der Waals surface area contributed by atoms with Crippen LogP contribution in [-0.2, 0) is 9.53 Å². The summed E-state index contributed by atoms with van der Waals surface area (Å²) < 4.78 is 5.28. The number of allylic oxidation sites excluding steroid dienone is 4. The van der Waals surface area contributed by atoms with Gasteiger partial charge in [0.15, 0.2) is 0 Å². The third-order valence-corrected chi connectivity index (χ3v) is 6.17. The quantitative estimate of drug-likeness (QED) is 0.469. The average Bonchev–Trinajstić information content (AvgIpc) is 2.83. The SMILES string of the molecule is C=C(C)[C@H]1CC[C@]2(C)C/C=C(\C)CC/C=C(\COC(C)=O)CC[C@@H]12. The van der Waals surface area contributed by atoms with E-state index in [1.54, 1.807) is 0 Å². The first-order valence-electron chi connectivity index (χ1n) is 9.44. The molecule has 0 amide bonds. The minimum atomic E-state index is -0.188. The van der Waals surface area contributed by atoms with E-state index in [0.717, 1.165) is 19.3 Å². The number of ether oxygens (including phenoxy) is 1. The van der Waals surface area contributed by atoms with Gasteiger partial charge in [0.1, 0.15) is 6.61 Å². The minimum absolute atomic E-state index is 0.188. The normalized spacial score (nSPS) is 35.7. The smallest absolute Gasteiger partial charge is 0.302 e. The lowest BCUT2D eigenvalue weighted by Crippen LogP contribution is -2.26. The van der Waals surface area contributed by atoms with Gasteiger partial charge in [-0.05, 0) is 81.6 Å². The summed E-state index contributed by atoms with van der Waals surface area (Å²) in [7, 11) is 0. The van der Waals surface area contributed by atoms with Crippen LogP contribution in [-0.4, -0.2) is 12.6 Å². The summed E-state index contributed by atoms with van der Waals surface area (Å²) in [5.41, 5.74) is 4.49. The van der Waals surface area contributed by atoms with Crippen LogP contribution in [0, 0.1) is 17.3 Å². The molecule has 24 heavy (non-hydrogen) atoms. The van der Waals surface area contributed by atoms with Crippen LogP contribution in [0.15, 0.2) is 35.5 Å². The van der Waals surface area contributed by atoms with Crippen molar-refractivity contribution in [2.24, 2.45) is 17.3 Å². The first kappa shape index (κ1) is 19.0. The van der Waals surface area contributed by atoms with E-state index in [9.17, 15) is 4.79 Å². The fraction of sp³-hybridized carbons (Fsp3) is 0.682. The second-order valence-corrected chi connectivity index (χ2v) is 8.23. The molecule has 2 heteroatoms. The lowest BCUT2D eigenvalue weighted by molar-refractivity contribution is -0.140. The molecule has 1 saturated carbocycles. The highest BCUT2D eigenvalue weighted by Gasteiger charge is 2.44. The Morgan fingerprint density at radius 2 is 2.04 bits per heavy atom. The van der Waals surface area contributed by atoms with Crippen LogP contribution >= 0.6 is 0 Å². The van der Waals surface area contributed by atoms with E-state index in [-0.39, 0.29) is 5.97 Å². The molecule has 0 spiro atoms. The largest absolute Gasteiger partial charge is 0.461 e. The zero-order valence-electron chi connectivity index (χ0n) is 16.0. The van der Waals surface area contributed by atoms with Crippen LogP contribution in [0.3, 0.4) is 0 Å². The van der Waals surface area contributed by atoms with Crippen molar-refractivity contribution in [3.63, 3.8) is 0 Å². The maximum Gasteiger partial charge on any atom is 0.302 e. The predicted molar refractivity (Wildman–Crippen MR) is 101 cm³/mol. The van der Waals surface area contributed by atoms with Crippen molar-refractivity contribution in [3.05, 3.63) is 35.5 Å². The van der Waals surface area contributed by atoms with Crippen LogP contribution in [0.2, 0.25) is 0 Å². The van der Waals surface area contributed by atoms with Crippen molar-refractivity contribution < 1.29 is 9.53 Å². The summed E-state index contributed by atoms with van der Waals surface area (Å²) in [4.78, 5) is 11.2. The Hall–Kier alpha value is -1.31. The fourth-order valence-corrected chi connectivity index (χ4v) is 4.53. The Morgan fingerprint density at radius 1 is 1.29 bits per heavy atom. The highest BCUT2D eigenvalue weighted by molar-refractivity contribution is 5.66. The molecule has 0 bridgehead atoms. The van der Waals surface area contributed by atoms with Gasteiger partial charge in [-0.2, -0.15) is 0 Å². The zero-order chi connectivity index (χ0) is 17.7. The minimum Gasteiger partial charge on any atom is -0.461 e. The molecule has 0 unspecified atom stereocenters. The first-order chi connectivity index (χ1) is 11.3. The molecule has 0 aliphatic heterocycles. The Morgan fingerprint density at radius 3 is 2.71 bits per heavy atom. The molecule has 2 nitrogen and oxygen atoms in total. The third-order valence-electron chi connectivity index (χ3n) is 6.17. The summed E-state index contributed by atoms with van der Waals surface area (Å²) in [5, 5.41) is 0. The highest BCUT2D eigenvalue weighted by Crippen LogP contribution is 2.53. The van der Waals surface area contributed by atoms with Gasteiger partial charge in [0, 0.05) is 6.92 Å². The van der Waals surface area contributed by atoms with Crippen LogP contribution < -0.4 is 0 Å². The van der Waals surface area contributed by atoms with Crippen LogP contribution in [0.25, 0.3) is 0 Å². The summed E-state index contributed by atoms with van der Waals surface area (Å²) in [6.07, 6.45) is 12.9. The van der Waals surface area contributed by atoms with Gasteiger partial charge < -0.3 is 4.74 Å². The van der Waals surface area contributed by atoms with E-state index in [1.807, 2.05) is 0 Å². The van der Waals surface area contributed by atoms with Crippen molar-refractivity contribution in [2.45, 2.75) is 72.6 Å². The van der Waals surface area contributed by atoms with Crippen molar-refractivity contribution in [1.29, 1.82) is 0 Å². The predicted octanol–water partition coefficient (Wildman–Crippen LogP) is 5.99. The van der Waals surface area contributed by atoms with Gasteiger partial charge in [0.05, 0.1) is 0 Å². The van der Waals surface area contributed by atoms with Crippen LogP contribution in [0.5, 0.6) is 0 Å². The molecule has 0 aromatic carbocycles. The second-order valence-electron chi connectivity index (χ2n) is 8.23. The lowest BCUT2D eigenvalue weighted by Gasteiger charge is -2.34. The monoisotopic (exact) mass is 330 g/mol. The van der Waals surface area contributed by atoms with Crippen molar-refractivity contribution in [3.8, 4) is 0 Å². The van der Waals surface area contributed by atoms with Crippen molar-refractivity contribution in [1.82, 2.24) is 0 Å². The zero-order valence-corrected chi connectivity index (χ0v) is 16.0. The number of fused-ring (bicyclic) bond motifs is 1. The Kier molecular flexibility index (Phi) is 6.48. The molecule has 0 radical (unpaired) electrons. The number of hydrogen-bond acceptors (Lipinski definition) is 2. The van der Waals surface area contributed by atoms with Gasteiger partial charge in [-0.15, -0.1) is 0 Å². The van der Waals surface area contributed by atoms with E-state index in [1.165, 1.54) is 49.3 Å². The molecular formula is C22H34O2. The van der Waals surface area contributed by atoms with Crippen molar-refractivity contribution >= 4 is 5.97 Å². The van der Waals surface area contributed by atoms with E-state index < -0.39 is 0 Å². The fourth-order valence-electron chi connectivity index (χ4n) is 4.53. The second kappa shape index (κ2) is 8.18. The Balaban J connectivity index is 2.21. The molecule has 2 aliphatic carbocycles. The first-order valence-corrected chi connectivity index (χ1v) is 9.44. The molecular weight excluding hydrogens is 296 g/mol. The third kappa shape index (κ3) is 4.84. The number of rotatable bonds is 3. The molecule has 134 valence electrons. The van der Waals surface area contributed by atoms with E-state index >= 15 is 0 Å². The number of hydrogen-bond donors (Lipinski definition) is 0. The Labute approximate surface area is 148 Å². The van der Waals surface area contributed by atoms with Crippen LogP contribution in [0.4, 0.5) is 0 Å². The molecule has 0 aromatic heterocycles. The molecule has 0 aromatic rings. The van der Waals surface area contributed by atoms with Crippen molar-refractivity contribution in [2.75, 3.05) is 6.61 Å². The molecule has 1 fully saturated rings. The van der Waals surface area contributed by atoms with Gasteiger partial charge in [-0.1, -0.05) is 36.8 Å². The van der Waals surface area contributed by atoms with E-state index in [4.69, 9.17) is 4.74 Å². The summed E-state index contributed by atoms with van der Waals surface area (Å²) in [6.45, 7) is 13.1. The number of carbonyl (C=O) groups excluding carboxylic acids is 1. The summed E-state index contributed by atoms with van der Waals surface area (Å²) in [5.74, 6) is 1.13. The number of carbonyl (C=O) groups is 1. The average molecular weight is 331 g/mol. The van der Waals surface area contributed by atoms with E-state index in [2.05, 4.69) is 39.5 Å². The van der Waals surface area contributed by atoms with Gasteiger partial charge in [0.25, 0.3) is 0 Å². The molecule has 0 saturated heterocycles. The molecule has 3 atom stereocenters. The summed E-state index contributed by atoms with van der Waals surface area (Å²) >= 11 is 0. The maximum absolute atomic E-state index is 11.2.